The summed E-state index contributed by atoms with van der Waals surface area (Å²) in [5.41, 5.74) is 3.34. The lowest BCUT2D eigenvalue weighted by Gasteiger charge is -2.10. The van der Waals surface area contributed by atoms with Gasteiger partial charge in [0.1, 0.15) is 17.2 Å². The fourth-order valence-electron chi connectivity index (χ4n) is 2.16. The number of ether oxygens (including phenoxy) is 2. The summed E-state index contributed by atoms with van der Waals surface area (Å²) in [5.74, 6) is 7.40. The SMILES string of the molecule is CC(C)C(C)C.COc1ccc(Oc2cc(C)c(C#CSC(C)C)c(C)c2)cc1. The zero-order chi connectivity index (χ0) is 22.0. The van der Waals surface area contributed by atoms with Crippen LogP contribution in [0.15, 0.2) is 36.4 Å². The molecule has 0 fully saturated rings. The molecule has 0 saturated heterocycles. The molecule has 0 saturated carbocycles. The Balaban J connectivity index is 0.000000612. The molecule has 2 aromatic carbocycles. The van der Waals surface area contributed by atoms with Crippen molar-refractivity contribution >= 4 is 11.8 Å². The summed E-state index contributed by atoms with van der Waals surface area (Å²) < 4.78 is 11.1. The minimum Gasteiger partial charge on any atom is -0.497 e. The summed E-state index contributed by atoms with van der Waals surface area (Å²) in [7, 11) is 1.65. The van der Waals surface area contributed by atoms with Crippen LogP contribution in [0.3, 0.4) is 0 Å². The molecule has 158 valence electrons. The minimum atomic E-state index is 0.515. The van der Waals surface area contributed by atoms with Gasteiger partial charge in [-0.2, -0.15) is 0 Å². The number of benzene rings is 2. The Morgan fingerprint density at radius 3 is 1.66 bits per heavy atom. The van der Waals surface area contributed by atoms with Gasteiger partial charge in [0.15, 0.2) is 0 Å². The molecule has 0 bridgehead atoms. The van der Waals surface area contributed by atoms with Gasteiger partial charge in [0, 0.05) is 10.8 Å². The molecule has 0 heterocycles. The average molecular weight is 413 g/mol. The van der Waals surface area contributed by atoms with E-state index in [1.165, 1.54) is 0 Å². The molecule has 0 spiro atoms. The van der Waals surface area contributed by atoms with Gasteiger partial charge in [0.2, 0.25) is 0 Å². The van der Waals surface area contributed by atoms with Gasteiger partial charge in [-0.3, -0.25) is 0 Å². The summed E-state index contributed by atoms with van der Waals surface area (Å²) in [6, 6.07) is 11.6. The quantitative estimate of drug-likeness (QED) is 0.466. The lowest BCUT2D eigenvalue weighted by molar-refractivity contribution is 0.413. The van der Waals surface area contributed by atoms with Gasteiger partial charge in [-0.1, -0.05) is 59.2 Å². The van der Waals surface area contributed by atoms with Gasteiger partial charge in [0.05, 0.1) is 7.11 Å². The Bertz CT molecular complexity index is 780. The monoisotopic (exact) mass is 412 g/mol. The number of thioether (sulfide) groups is 1. The van der Waals surface area contributed by atoms with Crippen LogP contribution in [0.1, 0.15) is 58.2 Å². The number of aryl methyl sites for hydroxylation is 2. The molecule has 2 rings (SSSR count). The van der Waals surface area contributed by atoms with E-state index in [2.05, 4.69) is 66.6 Å². The first kappa shape index (κ1) is 25.0. The van der Waals surface area contributed by atoms with E-state index < -0.39 is 0 Å². The Hall–Kier alpha value is -2.05. The third-order valence-electron chi connectivity index (χ3n) is 4.61. The fraction of sp³-hybridized carbons (Fsp3) is 0.462. The Labute approximate surface area is 182 Å². The van der Waals surface area contributed by atoms with Gasteiger partial charge in [0.25, 0.3) is 0 Å². The van der Waals surface area contributed by atoms with Crippen molar-refractivity contribution in [3.8, 4) is 28.4 Å². The van der Waals surface area contributed by atoms with Crippen LogP contribution in [-0.4, -0.2) is 12.4 Å². The molecule has 0 unspecified atom stereocenters. The summed E-state index contributed by atoms with van der Waals surface area (Å²) >= 11 is 1.65. The van der Waals surface area contributed by atoms with E-state index in [0.29, 0.717) is 5.25 Å². The average Bonchev–Trinajstić information content (AvgIpc) is 2.65. The summed E-state index contributed by atoms with van der Waals surface area (Å²) in [4.78, 5) is 0. The van der Waals surface area contributed by atoms with E-state index in [0.717, 1.165) is 45.8 Å². The highest BCUT2D eigenvalue weighted by Crippen LogP contribution is 2.27. The molecule has 29 heavy (non-hydrogen) atoms. The van der Waals surface area contributed by atoms with Crippen molar-refractivity contribution in [2.45, 2.75) is 60.6 Å². The van der Waals surface area contributed by atoms with E-state index in [9.17, 15) is 0 Å². The van der Waals surface area contributed by atoms with Gasteiger partial charge >= 0.3 is 0 Å². The van der Waals surface area contributed by atoms with Gasteiger partial charge in [-0.05, 0) is 78.5 Å². The molecule has 2 nitrogen and oxygen atoms in total. The molecule has 0 aromatic heterocycles. The smallest absolute Gasteiger partial charge is 0.128 e. The highest BCUT2D eigenvalue weighted by molar-refractivity contribution is 8.04. The molecule has 2 aromatic rings. The second-order valence-corrected chi connectivity index (χ2v) is 9.47. The van der Waals surface area contributed by atoms with Crippen molar-refractivity contribution in [3.63, 3.8) is 0 Å². The van der Waals surface area contributed by atoms with Crippen molar-refractivity contribution in [2.24, 2.45) is 11.8 Å². The van der Waals surface area contributed by atoms with Crippen molar-refractivity contribution in [3.05, 3.63) is 53.1 Å². The third kappa shape index (κ3) is 9.33. The van der Waals surface area contributed by atoms with Crippen LogP contribution in [0.2, 0.25) is 0 Å². The maximum atomic E-state index is 5.93. The van der Waals surface area contributed by atoms with Crippen molar-refractivity contribution in [1.29, 1.82) is 0 Å². The van der Waals surface area contributed by atoms with Crippen LogP contribution in [0, 0.1) is 36.9 Å². The van der Waals surface area contributed by atoms with Crippen LogP contribution in [-0.2, 0) is 0 Å². The number of rotatable bonds is 5. The molecule has 0 amide bonds. The molecule has 0 aliphatic rings. The molecule has 0 N–H and O–H groups in total. The van der Waals surface area contributed by atoms with Crippen molar-refractivity contribution in [1.82, 2.24) is 0 Å². The standard InChI is InChI=1S/C20H22O2S.C6H14/c1-14(2)23-11-10-20-15(3)12-19(13-16(20)4)22-18-8-6-17(21-5)7-9-18;1-5(2)6(3)4/h6-9,12-14H,1-5H3;5-6H,1-4H3. The lowest BCUT2D eigenvalue weighted by atomic mass is 10.0. The van der Waals surface area contributed by atoms with Crippen LogP contribution >= 0.6 is 11.8 Å². The largest absolute Gasteiger partial charge is 0.497 e. The van der Waals surface area contributed by atoms with E-state index in [1.54, 1.807) is 18.9 Å². The Kier molecular flexibility index (Phi) is 10.8. The summed E-state index contributed by atoms with van der Waals surface area (Å²) in [5, 5.41) is 3.69. The van der Waals surface area contributed by atoms with Gasteiger partial charge < -0.3 is 9.47 Å². The highest BCUT2D eigenvalue weighted by atomic mass is 32.2. The zero-order valence-electron chi connectivity index (χ0n) is 19.4. The van der Waals surface area contributed by atoms with Gasteiger partial charge in [-0.15, -0.1) is 0 Å². The van der Waals surface area contributed by atoms with E-state index >= 15 is 0 Å². The fourth-order valence-corrected chi connectivity index (χ4v) is 2.55. The van der Waals surface area contributed by atoms with Crippen LogP contribution in [0.4, 0.5) is 0 Å². The Morgan fingerprint density at radius 1 is 0.759 bits per heavy atom. The number of hydrogen-bond donors (Lipinski definition) is 0. The van der Waals surface area contributed by atoms with E-state index in [-0.39, 0.29) is 0 Å². The zero-order valence-corrected chi connectivity index (χ0v) is 20.2. The molecule has 0 radical (unpaired) electrons. The normalized spacial score (nSPS) is 10.3. The second kappa shape index (κ2) is 12.5. The van der Waals surface area contributed by atoms with Crippen molar-refractivity contribution in [2.75, 3.05) is 7.11 Å². The molecular weight excluding hydrogens is 376 g/mol. The second-order valence-electron chi connectivity index (χ2n) is 8.09. The molecule has 0 aliphatic heterocycles. The first-order chi connectivity index (χ1) is 13.6. The maximum absolute atomic E-state index is 5.93. The van der Waals surface area contributed by atoms with E-state index in [1.807, 2.05) is 36.4 Å². The number of hydrogen-bond acceptors (Lipinski definition) is 3. The topological polar surface area (TPSA) is 18.5 Å². The maximum Gasteiger partial charge on any atom is 0.128 e. The minimum absolute atomic E-state index is 0.515. The predicted molar refractivity (Wildman–Crippen MR) is 128 cm³/mol. The summed E-state index contributed by atoms with van der Waals surface area (Å²) in [6.45, 7) is 17.4. The molecule has 0 atom stereocenters. The number of methoxy groups -OCH3 is 1. The van der Waals surface area contributed by atoms with Crippen molar-refractivity contribution < 1.29 is 9.47 Å². The first-order valence-electron chi connectivity index (χ1n) is 10.2. The first-order valence-corrected chi connectivity index (χ1v) is 11.1. The molecule has 0 aliphatic carbocycles. The predicted octanol–water partition coefficient (Wildman–Crippen LogP) is 7.85. The molecule has 3 heteroatoms. The highest BCUT2D eigenvalue weighted by Gasteiger charge is 2.05. The van der Waals surface area contributed by atoms with Gasteiger partial charge in [-0.25, -0.2) is 0 Å². The van der Waals surface area contributed by atoms with Crippen LogP contribution in [0.25, 0.3) is 0 Å². The lowest BCUT2D eigenvalue weighted by Crippen LogP contribution is -1.95. The summed E-state index contributed by atoms with van der Waals surface area (Å²) in [6.07, 6.45) is 0. The molecular formula is C26H36O2S. The Morgan fingerprint density at radius 2 is 1.24 bits per heavy atom. The van der Waals surface area contributed by atoms with E-state index in [4.69, 9.17) is 9.47 Å². The van der Waals surface area contributed by atoms with Crippen LogP contribution in [0.5, 0.6) is 17.2 Å². The third-order valence-corrected chi connectivity index (χ3v) is 5.30. The van der Waals surface area contributed by atoms with Crippen LogP contribution < -0.4 is 9.47 Å².